The maximum absolute atomic E-state index is 6.17. The largest absolute Gasteiger partial charge is 0.236 e. The van der Waals surface area contributed by atoms with Gasteiger partial charge in [0.15, 0.2) is 0 Å². The SMILES string of the molecule is Clc1cccc(Cl)c1-c1nc2ccccc2s1. The third-order valence-corrected chi connectivity index (χ3v) is 4.15. The monoisotopic (exact) mass is 279 g/mol. The van der Waals surface area contributed by atoms with Crippen LogP contribution in [-0.4, -0.2) is 4.98 Å². The third kappa shape index (κ3) is 1.93. The number of rotatable bonds is 1. The fourth-order valence-corrected chi connectivity index (χ4v) is 3.41. The second-order valence-electron chi connectivity index (χ2n) is 3.58. The van der Waals surface area contributed by atoms with Gasteiger partial charge in [-0.25, -0.2) is 4.98 Å². The van der Waals surface area contributed by atoms with E-state index in [-0.39, 0.29) is 0 Å². The van der Waals surface area contributed by atoms with Gasteiger partial charge >= 0.3 is 0 Å². The highest BCUT2D eigenvalue weighted by Crippen LogP contribution is 2.38. The molecule has 1 aromatic heterocycles. The Morgan fingerprint density at radius 1 is 0.882 bits per heavy atom. The topological polar surface area (TPSA) is 12.9 Å². The second-order valence-corrected chi connectivity index (χ2v) is 5.43. The van der Waals surface area contributed by atoms with Gasteiger partial charge in [0.05, 0.1) is 20.3 Å². The van der Waals surface area contributed by atoms with E-state index in [1.807, 2.05) is 42.5 Å². The van der Waals surface area contributed by atoms with Gasteiger partial charge in [-0.3, -0.25) is 0 Å². The molecule has 0 amide bonds. The van der Waals surface area contributed by atoms with Crippen LogP contribution in [0.4, 0.5) is 0 Å². The molecule has 0 N–H and O–H groups in total. The molecule has 1 nitrogen and oxygen atoms in total. The second kappa shape index (κ2) is 4.30. The number of hydrogen-bond acceptors (Lipinski definition) is 2. The van der Waals surface area contributed by atoms with Gasteiger partial charge in [-0.05, 0) is 24.3 Å². The minimum absolute atomic E-state index is 0.636. The molecule has 0 saturated heterocycles. The van der Waals surface area contributed by atoms with Crippen LogP contribution in [0.1, 0.15) is 0 Å². The lowest BCUT2D eigenvalue weighted by Gasteiger charge is -2.01. The summed E-state index contributed by atoms with van der Waals surface area (Å²) in [5.41, 5.74) is 1.79. The molecule has 84 valence electrons. The molecule has 3 aromatic rings. The zero-order valence-corrected chi connectivity index (χ0v) is 11.0. The lowest BCUT2D eigenvalue weighted by molar-refractivity contribution is 1.48. The van der Waals surface area contributed by atoms with Gasteiger partial charge in [0, 0.05) is 5.56 Å². The molecule has 3 rings (SSSR count). The Morgan fingerprint density at radius 2 is 1.59 bits per heavy atom. The summed E-state index contributed by atoms with van der Waals surface area (Å²) in [6.07, 6.45) is 0. The van der Waals surface area contributed by atoms with E-state index >= 15 is 0 Å². The van der Waals surface area contributed by atoms with Crippen LogP contribution in [0, 0.1) is 0 Å². The van der Waals surface area contributed by atoms with Crippen molar-refractivity contribution in [3.05, 3.63) is 52.5 Å². The van der Waals surface area contributed by atoms with Gasteiger partial charge in [0.2, 0.25) is 0 Å². The lowest BCUT2D eigenvalue weighted by atomic mass is 10.2. The van der Waals surface area contributed by atoms with E-state index in [0.29, 0.717) is 10.0 Å². The normalized spacial score (nSPS) is 10.9. The molecule has 0 radical (unpaired) electrons. The van der Waals surface area contributed by atoms with Crippen LogP contribution in [0.3, 0.4) is 0 Å². The molecule has 0 aliphatic carbocycles. The Balaban J connectivity index is 2.27. The Kier molecular flexibility index (Phi) is 2.79. The summed E-state index contributed by atoms with van der Waals surface area (Å²) < 4.78 is 1.14. The number of fused-ring (bicyclic) bond motifs is 1. The van der Waals surface area contributed by atoms with Crippen molar-refractivity contribution in [1.82, 2.24) is 4.98 Å². The van der Waals surface area contributed by atoms with Gasteiger partial charge in [0.1, 0.15) is 5.01 Å². The van der Waals surface area contributed by atoms with Crippen molar-refractivity contribution in [1.29, 1.82) is 0 Å². The van der Waals surface area contributed by atoms with Gasteiger partial charge < -0.3 is 0 Å². The van der Waals surface area contributed by atoms with Crippen LogP contribution in [-0.2, 0) is 0 Å². The summed E-state index contributed by atoms with van der Waals surface area (Å²) in [6.45, 7) is 0. The van der Waals surface area contributed by atoms with E-state index in [0.717, 1.165) is 20.8 Å². The van der Waals surface area contributed by atoms with Crippen LogP contribution in [0.5, 0.6) is 0 Å². The summed E-state index contributed by atoms with van der Waals surface area (Å²) in [4.78, 5) is 4.55. The average molecular weight is 280 g/mol. The maximum atomic E-state index is 6.17. The molecule has 0 spiro atoms. The van der Waals surface area contributed by atoms with Crippen molar-refractivity contribution < 1.29 is 0 Å². The van der Waals surface area contributed by atoms with Gasteiger partial charge in [0.25, 0.3) is 0 Å². The van der Waals surface area contributed by atoms with Crippen LogP contribution in [0.2, 0.25) is 10.0 Å². The van der Waals surface area contributed by atoms with E-state index in [1.54, 1.807) is 11.3 Å². The first-order chi connectivity index (χ1) is 8.25. The molecule has 0 fully saturated rings. The molecule has 0 aliphatic rings. The highest BCUT2D eigenvalue weighted by molar-refractivity contribution is 7.21. The molecule has 0 aliphatic heterocycles. The fraction of sp³-hybridized carbons (Fsp3) is 0. The molecular weight excluding hydrogens is 273 g/mol. The predicted molar refractivity (Wildman–Crippen MR) is 75.1 cm³/mol. The molecule has 0 saturated carbocycles. The molecule has 4 heteroatoms. The zero-order chi connectivity index (χ0) is 11.8. The smallest absolute Gasteiger partial charge is 0.127 e. The van der Waals surface area contributed by atoms with Gasteiger partial charge in [-0.15, -0.1) is 11.3 Å². The highest BCUT2D eigenvalue weighted by Gasteiger charge is 2.12. The van der Waals surface area contributed by atoms with Crippen molar-refractivity contribution in [3.8, 4) is 10.6 Å². The first-order valence-electron chi connectivity index (χ1n) is 5.05. The summed E-state index contributed by atoms with van der Waals surface area (Å²) in [5, 5.41) is 2.13. The number of thiazole rings is 1. The first kappa shape index (κ1) is 11.0. The van der Waals surface area contributed by atoms with Crippen LogP contribution >= 0.6 is 34.5 Å². The van der Waals surface area contributed by atoms with Crippen LogP contribution in [0.25, 0.3) is 20.8 Å². The van der Waals surface area contributed by atoms with Crippen molar-refractivity contribution in [2.24, 2.45) is 0 Å². The van der Waals surface area contributed by atoms with E-state index in [1.165, 1.54) is 0 Å². The Bertz CT molecular complexity index is 637. The van der Waals surface area contributed by atoms with Crippen molar-refractivity contribution >= 4 is 44.8 Å². The Morgan fingerprint density at radius 3 is 2.29 bits per heavy atom. The minimum atomic E-state index is 0.636. The molecule has 17 heavy (non-hydrogen) atoms. The van der Waals surface area contributed by atoms with Crippen LogP contribution in [0.15, 0.2) is 42.5 Å². The number of halogens is 2. The van der Waals surface area contributed by atoms with Crippen molar-refractivity contribution in [2.75, 3.05) is 0 Å². The molecule has 1 heterocycles. The number of aromatic nitrogens is 1. The first-order valence-corrected chi connectivity index (χ1v) is 6.63. The predicted octanol–water partition coefficient (Wildman–Crippen LogP) is 5.27. The fourth-order valence-electron chi connectivity index (χ4n) is 1.68. The van der Waals surface area contributed by atoms with Crippen molar-refractivity contribution in [2.45, 2.75) is 0 Å². The van der Waals surface area contributed by atoms with E-state index in [4.69, 9.17) is 23.2 Å². The summed E-state index contributed by atoms with van der Waals surface area (Å²) >= 11 is 13.9. The third-order valence-electron chi connectivity index (χ3n) is 2.47. The minimum Gasteiger partial charge on any atom is -0.236 e. The number of hydrogen-bond donors (Lipinski definition) is 0. The molecular formula is C13H7Cl2NS. The summed E-state index contributed by atoms with van der Waals surface area (Å²) in [6, 6.07) is 13.5. The lowest BCUT2D eigenvalue weighted by Crippen LogP contribution is -1.79. The van der Waals surface area contributed by atoms with Gasteiger partial charge in [-0.2, -0.15) is 0 Å². The zero-order valence-electron chi connectivity index (χ0n) is 8.65. The Labute approximate surface area is 113 Å². The molecule has 2 aromatic carbocycles. The maximum Gasteiger partial charge on any atom is 0.127 e. The van der Waals surface area contributed by atoms with Gasteiger partial charge in [-0.1, -0.05) is 41.4 Å². The average Bonchev–Trinajstić information content (AvgIpc) is 2.71. The summed E-state index contributed by atoms with van der Waals surface area (Å²) in [7, 11) is 0. The number of para-hydroxylation sites is 1. The quantitative estimate of drug-likeness (QED) is 0.591. The summed E-state index contributed by atoms with van der Waals surface area (Å²) in [5.74, 6) is 0. The Hall–Kier alpha value is -1.09. The highest BCUT2D eigenvalue weighted by atomic mass is 35.5. The standard InChI is InChI=1S/C13H7Cl2NS/c14-8-4-3-5-9(15)12(8)13-16-10-6-1-2-7-11(10)17-13/h1-7H. The molecule has 0 bridgehead atoms. The number of nitrogens with zero attached hydrogens (tertiary/aromatic N) is 1. The number of benzene rings is 2. The van der Waals surface area contributed by atoms with E-state index in [2.05, 4.69) is 4.98 Å². The molecule has 0 atom stereocenters. The van der Waals surface area contributed by atoms with E-state index < -0.39 is 0 Å². The van der Waals surface area contributed by atoms with E-state index in [9.17, 15) is 0 Å². The van der Waals surface area contributed by atoms with Crippen molar-refractivity contribution in [3.63, 3.8) is 0 Å². The van der Waals surface area contributed by atoms with Crippen LogP contribution < -0.4 is 0 Å². The molecule has 0 unspecified atom stereocenters.